The van der Waals surface area contributed by atoms with Gasteiger partial charge in [0.25, 0.3) is 0 Å². The lowest BCUT2D eigenvalue weighted by Crippen LogP contribution is -2.44. The Morgan fingerprint density at radius 3 is 2.96 bits per heavy atom. The third-order valence-corrected chi connectivity index (χ3v) is 4.84. The van der Waals surface area contributed by atoms with E-state index in [1.54, 1.807) is 0 Å². The number of hydrogen-bond donors (Lipinski definition) is 2. The molecule has 5 nitrogen and oxygen atoms in total. The monoisotopic (exact) mass is 378 g/mol. The highest BCUT2D eigenvalue weighted by Crippen LogP contribution is 2.35. The molecule has 2 N–H and O–H groups in total. The van der Waals surface area contributed by atoms with Gasteiger partial charge in [0.1, 0.15) is 5.56 Å². The van der Waals surface area contributed by atoms with Gasteiger partial charge in [0, 0.05) is 34.1 Å². The molecule has 6 heteroatoms. The van der Waals surface area contributed by atoms with Crippen molar-refractivity contribution in [2.75, 3.05) is 18.5 Å². The lowest BCUT2D eigenvalue weighted by atomic mass is 9.81. The summed E-state index contributed by atoms with van der Waals surface area (Å²) >= 11 is 3.45. The second kappa shape index (κ2) is 6.09. The van der Waals surface area contributed by atoms with Crippen LogP contribution in [0.25, 0.3) is 10.9 Å². The van der Waals surface area contributed by atoms with Crippen LogP contribution in [0.5, 0.6) is 0 Å². The largest absolute Gasteiger partial charge is 0.478 e. The van der Waals surface area contributed by atoms with E-state index in [9.17, 15) is 9.90 Å². The zero-order valence-corrected chi connectivity index (χ0v) is 14.7. The molecule has 2 heterocycles. The first kappa shape index (κ1) is 16.2. The van der Waals surface area contributed by atoms with Crippen molar-refractivity contribution >= 4 is 38.5 Å². The van der Waals surface area contributed by atoms with Gasteiger partial charge in [0.15, 0.2) is 0 Å². The molecular formula is C17H19BrN2O3. The molecule has 1 aliphatic rings. The Morgan fingerprint density at radius 2 is 2.26 bits per heavy atom. The first-order valence-corrected chi connectivity index (χ1v) is 8.33. The predicted octanol–water partition coefficient (Wildman–Crippen LogP) is 3.92. The summed E-state index contributed by atoms with van der Waals surface area (Å²) < 4.78 is 6.45. The number of halogens is 1. The highest BCUT2D eigenvalue weighted by molar-refractivity contribution is 9.10. The second-order valence-corrected chi connectivity index (χ2v) is 7.46. The molecule has 3 rings (SSSR count). The molecule has 1 aliphatic heterocycles. The fourth-order valence-corrected chi connectivity index (χ4v) is 3.31. The van der Waals surface area contributed by atoms with Gasteiger partial charge >= 0.3 is 5.97 Å². The second-order valence-electron chi connectivity index (χ2n) is 6.54. The Balaban J connectivity index is 2.11. The van der Waals surface area contributed by atoms with Crippen molar-refractivity contribution in [1.82, 2.24) is 4.98 Å². The highest BCUT2D eigenvalue weighted by Gasteiger charge is 2.34. The first-order valence-electron chi connectivity index (χ1n) is 7.54. The molecule has 0 amide bonds. The Morgan fingerprint density at radius 1 is 1.48 bits per heavy atom. The molecule has 1 aromatic heterocycles. The maximum absolute atomic E-state index is 11.6. The van der Waals surface area contributed by atoms with E-state index in [4.69, 9.17) is 4.74 Å². The van der Waals surface area contributed by atoms with Crippen LogP contribution in [-0.2, 0) is 4.74 Å². The first-order chi connectivity index (χ1) is 10.9. The fraction of sp³-hybridized carbons (Fsp3) is 0.412. The molecule has 0 saturated carbocycles. The number of nitrogens with one attached hydrogen (secondary N) is 1. The van der Waals surface area contributed by atoms with Crippen LogP contribution in [0.15, 0.2) is 28.9 Å². The number of ether oxygens (including phenoxy) is 1. The average Bonchev–Trinajstić information content (AvgIpc) is 2.49. The quantitative estimate of drug-likeness (QED) is 0.846. The minimum atomic E-state index is -0.980. The molecule has 1 fully saturated rings. The molecular weight excluding hydrogens is 360 g/mol. The van der Waals surface area contributed by atoms with E-state index in [1.165, 1.54) is 6.20 Å². The van der Waals surface area contributed by atoms with Gasteiger partial charge in [-0.3, -0.25) is 4.98 Å². The molecule has 0 bridgehead atoms. The van der Waals surface area contributed by atoms with E-state index in [1.807, 2.05) is 18.2 Å². The molecule has 122 valence electrons. The van der Waals surface area contributed by atoms with Crippen LogP contribution >= 0.6 is 15.9 Å². The number of carboxylic acids is 1. The molecule has 2 aromatic rings. The molecule has 0 radical (unpaired) electrons. The zero-order chi connectivity index (χ0) is 16.6. The van der Waals surface area contributed by atoms with Crippen molar-refractivity contribution in [2.45, 2.75) is 26.3 Å². The summed E-state index contributed by atoms with van der Waals surface area (Å²) in [6, 6.07) is 5.83. The predicted molar refractivity (Wildman–Crippen MR) is 93.0 cm³/mol. The number of anilines is 1. The van der Waals surface area contributed by atoms with Crippen LogP contribution in [0.3, 0.4) is 0 Å². The summed E-state index contributed by atoms with van der Waals surface area (Å²) in [4.78, 5) is 15.9. The number of nitrogens with zero attached hydrogens (tertiary/aromatic N) is 1. The Kier molecular flexibility index (Phi) is 4.29. The molecule has 1 atom stereocenters. The summed E-state index contributed by atoms with van der Waals surface area (Å²) in [6.45, 7) is 5.59. The van der Waals surface area contributed by atoms with Crippen molar-refractivity contribution in [2.24, 2.45) is 5.41 Å². The molecule has 0 aliphatic carbocycles. The molecule has 0 spiro atoms. The van der Waals surface area contributed by atoms with Crippen LogP contribution in [0.1, 0.15) is 30.6 Å². The molecule has 1 unspecified atom stereocenters. The summed E-state index contributed by atoms with van der Waals surface area (Å²) in [5.74, 6) is -0.980. The van der Waals surface area contributed by atoms with Gasteiger partial charge in [0.2, 0.25) is 0 Å². The van der Waals surface area contributed by atoms with Gasteiger partial charge in [-0.1, -0.05) is 29.8 Å². The number of aromatic nitrogens is 1. The number of carboxylic acid groups (broad SMARTS) is 1. The number of benzene rings is 1. The van der Waals surface area contributed by atoms with Gasteiger partial charge in [0.05, 0.1) is 17.8 Å². The summed E-state index contributed by atoms with van der Waals surface area (Å²) in [7, 11) is 0. The third-order valence-electron chi connectivity index (χ3n) is 4.35. The number of hydrogen-bond acceptors (Lipinski definition) is 4. The van der Waals surface area contributed by atoms with Crippen molar-refractivity contribution in [1.29, 1.82) is 0 Å². The van der Waals surface area contributed by atoms with Crippen molar-refractivity contribution in [3.8, 4) is 0 Å². The minimum Gasteiger partial charge on any atom is -0.478 e. The standard InChI is InChI=1S/C17H19BrN2O3/c1-17(2)9-23-6-5-14(17)20-15-11-7-10(18)3-4-13(11)19-8-12(15)16(21)22/h3-4,7-8,14H,5-6,9H2,1-2H3,(H,19,20)(H,21,22). The van der Waals surface area contributed by atoms with Crippen molar-refractivity contribution < 1.29 is 14.6 Å². The smallest absolute Gasteiger partial charge is 0.339 e. The topological polar surface area (TPSA) is 71.5 Å². The Bertz CT molecular complexity index is 761. The normalized spacial score (nSPS) is 20.4. The van der Waals surface area contributed by atoms with Crippen LogP contribution in [0.2, 0.25) is 0 Å². The summed E-state index contributed by atoms with van der Waals surface area (Å²) in [5.41, 5.74) is 1.52. The summed E-state index contributed by atoms with van der Waals surface area (Å²) in [6.07, 6.45) is 2.26. The van der Waals surface area contributed by atoms with Crippen LogP contribution < -0.4 is 5.32 Å². The van der Waals surface area contributed by atoms with Gasteiger partial charge in [-0.2, -0.15) is 0 Å². The number of fused-ring (bicyclic) bond motifs is 1. The molecule has 1 aromatic carbocycles. The van der Waals surface area contributed by atoms with E-state index in [0.29, 0.717) is 18.9 Å². The van der Waals surface area contributed by atoms with Crippen molar-refractivity contribution in [3.05, 3.63) is 34.4 Å². The van der Waals surface area contributed by atoms with Gasteiger partial charge < -0.3 is 15.2 Å². The van der Waals surface area contributed by atoms with Crippen molar-refractivity contribution in [3.63, 3.8) is 0 Å². The molecule has 1 saturated heterocycles. The van der Waals surface area contributed by atoms with Gasteiger partial charge in [-0.15, -0.1) is 0 Å². The fourth-order valence-electron chi connectivity index (χ4n) is 2.95. The number of rotatable bonds is 3. The number of aromatic carboxylic acids is 1. The van der Waals surface area contributed by atoms with E-state index < -0.39 is 5.97 Å². The lowest BCUT2D eigenvalue weighted by Gasteiger charge is -2.39. The third kappa shape index (κ3) is 3.19. The van der Waals surface area contributed by atoms with E-state index in [0.717, 1.165) is 21.8 Å². The van der Waals surface area contributed by atoms with Gasteiger partial charge in [-0.25, -0.2) is 4.79 Å². The van der Waals surface area contributed by atoms with Crippen LogP contribution in [0, 0.1) is 5.41 Å². The SMILES string of the molecule is CC1(C)COCCC1Nc1c(C(=O)O)cnc2ccc(Br)cc12. The summed E-state index contributed by atoms with van der Waals surface area (Å²) in [5, 5.41) is 13.8. The lowest BCUT2D eigenvalue weighted by molar-refractivity contribution is 0.00348. The minimum absolute atomic E-state index is 0.0738. The van der Waals surface area contributed by atoms with E-state index in [-0.39, 0.29) is 17.0 Å². The maximum atomic E-state index is 11.6. The highest BCUT2D eigenvalue weighted by atomic mass is 79.9. The maximum Gasteiger partial charge on any atom is 0.339 e. The number of pyridine rings is 1. The Hall–Kier alpha value is -1.66. The molecule has 23 heavy (non-hydrogen) atoms. The van der Waals surface area contributed by atoms with Crippen LogP contribution in [0.4, 0.5) is 5.69 Å². The van der Waals surface area contributed by atoms with Crippen LogP contribution in [-0.4, -0.2) is 35.3 Å². The zero-order valence-electron chi connectivity index (χ0n) is 13.1. The van der Waals surface area contributed by atoms with E-state index >= 15 is 0 Å². The van der Waals surface area contributed by atoms with Gasteiger partial charge in [-0.05, 0) is 24.6 Å². The van der Waals surface area contributed by atoms with E-state index in [2.05, 4.69) is 40.1 Å². The number of carbonyl (C=O) groups is 1. The Labute approximate surface area is 143 Å². The average molecular weight is 379 g/mol.